The monoisotopic (exact) mass is 253 g/mol. The number of hydrogen-bond donors (Lipinski definition) is 1. The highest BCUT2D eigenvalue weighted by atomic mass is 14.9. The average Bonchev–Trinajstić information content (AvgIpc) is 2.50. The van der Waals surface area contributed by atoms with Crippen molar-refractivity contribution in [3.63, 3.8) is 0 Å². The number of hydrogen-bond acceptors (Lipinski definition) is 1. The molecular formula is C18H23N. The summed E-state index contributed by atoms with van der Waals surface area (Å²) >= 11 is 0. The zero-order valence-corrected chi connectivity index (χ0v) is 11.9. The Morgan fingerprint density at radius 1 is 0.947 bits per heavy atom. The van der Waals surface area contributed by atoms with Crippen molar-refractivity contribution in [3.8, 4) is 0 Å². The third-order valence-corrected chi connectivity index (χ3v) is 3.30. The maximum atomic E-state index is 3.48. The summed E-state index contributed by atoms with van der Waals surface area (Å²) in [4.78, 5) is 0. The third kappa shape index (κ3) is 3.60. The molecule has 0 saturated carbocycles. The molecule has 1 aromatic rings. The van der Waals surface area contributed by atoms with Crippen LogP contribution in [0.2, 0.25) is 0 Å². The molecule has 2 aliphatic rings. The topological polar surface area (TPSA) is 12.0 Å². The number of aryl methyl sites for hydroxylation is 1. The van der Waals surface area contributed by atoms with Crippen molar-refractivity contribution in [1.82, 2.24) is 0 Å². The van der Waals surface area contributed by atoms with Gasteiger partial charge < -0.3 is 5.32 Å². The van der Waals surface area contributed by atoms with Crippen LogP contribution in [-0.4, -0.2) is 0 Å². The van der Waals surface area contributed by atoms with Crippen LogP contribution in [0.4, 0.5) is 5.69 Å². The smallest absolute Gasteiger partial charge is 0.0387 e. The van der Waals surface area contributed by atoms with E-state index in [4.69, 9.17) is 0 Å². The lowest BCUT2D eigenvalue weighted by Gasteiger charge is -2.15. The highest BCUT2D eigenvalue weighted by molar-refractivity contribution is 5.63. The molecule has 1 heteroatoms. The van der Waals surface area contributed by atoms with Gasteiger partial charge in [0.05, 0.1) is 0 Å². The van der Waals surface area contributed by atoms with E-state index in [1.54, 1.807) is 0 Å². The SMILES string of the molecule is C1=CC(Nc2ccc3c(c2)CCC=C3)=CCC1.CC. The number of benzene rings is 1. The molecule has 0 heterocycles. The minimum absolute atomic E-state index is 1.15. The summed E-state index contributed by atoms with van der Waals surface area (Å²) in [7, 11) is 0. The first-order valence-corrected chi connectivity index (χ1v) is 7.35. The van der Waals surface area contributed by atoms with Crippen LogP contribution in [0.1, 0.15) is 44.2 Å². The molecule has 0 atom stereocenters. The quantitative estimate of drug-likeness (QED) is 0.752. The lowest BCUT2D eigenvalue weighted by Crippen LogP contribution is -2.01. The summed E-state index contributed by atoms with van der Waals surface area (Å²) in [6.45, 7) is 4.00. The summed E-state index contributed by atoms with van der Waals surface area (Å²) in [6.07, 6.45) is 15.8. The summed E-state index contributed by atoms with van der Waals surface area (Å²) in [6, 6.07) is 6.65. The first-order valence-electron chi connectivity index (χ1n) is 7.35. The molecule has 0 bridgehead atoms. The molecule has 100 valence electrons. The van der Waals surface area contributed by atoms with Gasteiger partial charge in [-0.15, -0.1) is 0 Å². The first-order chi connectivity index (χ1) is 9.42. The van der Waals surface area contributed by atoms with Crippen molar-refractivity contribution in [3.05, 3.63) is 59.3 Å². The standard InChI is InChI=1S/C16H17N.C2H6/c1-2-8-15(9-3-1)17-16-11-10-13-6-4-5-7-14(13)12-16;1-2/h2,4,6,8-12,17H,1,3,5,7H2;1-2H3. The molecule has 0 spiro atoms. The van der Waals surface area contributed by atoms with Crippen LogP contribution in [0, 0.1) is 0 Å². The van der Waals surface area contributed by atoms with E-state index in [-0.39, 0.29) is 0 Å². The summed E-state index contributed by atoms with van der Waals surface area (Å²) < 4.78 is 0. The van der Waals surface area contributed by atoms with Crippen LogP contribution in [0.5, 0.6) is 0 Å². The van der Waals surface area contributed by atoms with Crippen LogP contribution >= 0.6 is 0 Å². The number of anilines is 1. The number of fused-ring (bicyclic) bond motifs is 1. The predicted octanol–water partition coefficient (Wildman–Crippen LogP) is 5.32. The van der Waals surface area contributed by atoms with E-state index < -0.39 is 0 Å². The van der Waals surface area contributed by atoms with Crippen molar-refractivity contribution < 1.29 is 0 Å². The number of rotatable bonds is 2. The molecule has 0 saturated heterocycles. The van der Waals surface area contributed by atoms with Crippen LogP contribution in [0.3, 0.4) is 0 Å². The largest absolute Gasteiger partial charge is 0.356 e. The molecule has 1 aromatic carbocycles. The summed E-state index contributed by atoms with van der Waals surface area (Å²) in [5, 5.41) is 3.48. The Balaban J connectivity index is 0.000000637. The Kier molecular flexibility index (Phi) is 5.02. The maximum Gasteiger partial charge on any atom is 0.0387 e. The molecule has 0 unspecified atom stereocenters. The highest BCUT2D eigenvalue weighted by Crippen LogP contribution is 2.24. The highest BCUT2D eigenvalue weighted by Gasteiger charge is 2.05. The van der Waals surface area contributed by atoms with E-state index in [0.717, 1.165) is 12.8 Å². The second kappa shape index (κ2) is 6.98. The molecular weight excluding hydrogens is 230 g/mol. The zero-order valence-electron chi connectivity index (χ0n) is 11.9. The summed E-state index contributed by atoms with van der Waals surface area (Å²) in [5.74, 6) is 0. The molecule has 1 N–H and O–H groups in total. The predicted molar refractivity (Wildman–Crippen MR) is 85.2 cm³/mol. The minimum atomic E-state index is 1.15. The maximum absolute atomic E-state index is 3.48. The van der Waals surface area contributed by atoms with Gasteiger partial charge in [0.2, 0.25) is 0 Å². The Morgan fingerprint density at radius 2 is 1.79 bits per heavy atom. The molecule has 19 heavy (non-hydrogen) atoms. The van der Waals surface area contributed by atoms with Crippen LogP contribution in [-0.2, 0) is 6.42 Å². The van der Waals surface area contributed by atoms with E-state index >= 15 is 0 Å². The van der Waals surface area contributed by atoms with Gasteiger partial charge in [-0.3, -0.25) is 0 Å². The lowest BCUT2D eigenvalue weighted by molar-refractivity contribution is 0.985. The molecule has 0 radical (unpaired) electrons. The molecule has 0 aliphatic heterocycles. The van der Waals surface area contributed by atoms with Crippen molar-refractivity contribution in [2.45, 2.75) is 39.5 Å². The van der Waals surface area contributed by atoms with E-state index in [2.05, 4.69) is 53.9 Å². The Hall–Kier alpha value is -1.76. The van der Waals surface area contributed by atoms with Gasteiger partial charge in [-0.05, 0) is 55.0 Å². The second-order valence-corrected chi connectivity index (χ2v) is 4.62. The average molecular weight is 253 g/mol. The molecule has 0 fully saturated rings. The Labute approximate surface area is 116 Å². The Morgan fingerprint density at radius 3 is 2.58 bits per heavy atom. The van der Waals surface area contributed by atoms with E-state index in [1.165, 1.54) is 35.4 Å². The summed E-state index contributed by atoms with van der Waals surface area (Å²) in [5.41, 5.74) is 5.26. The number of nitrogens with one attached hydrogen (secondary N) is 1. The van der Waals surface area contributed by atoms with E-state index in [1.807, 2.05) is 13.8 Å². The lowest BCUT2D eigenvalue weighted by atomic mass is 9.97. The van der Waals surface area contributed by atoms with Crippen molar-refractivity contribution in [2.75, 3.05) is 5.32 Å². The van der Waals surface area contributed by atoms with Crippen LogP contribution in [0.15, 0.2) is 48.2 Å². The fraction of sp³-hybridized carbons (Fsp3) is 0.333. The van der Waals surface area contributed by atoms with E-state index in [0.29, 0.717) is 0 Å². The van der Waals surface area contributed by atoms with E-state index in [9.17, 15) is 0 Å². The van der Waals surface area contributed by atoms with Gasteiger partial charge in [-0.2, -0.15) is 0 Å². The molecule has 1 nitrogen and oxygen atoms in total. The fourth-order valence-corrected chi connectivity index (χ4v) is 2.38. The normalized spacial score (nSPS) is 16.0. The van der Waals surface area contributed by atoms with Crippen LogP contribution < -0.4 is 5.32 Å². The van der Waals surface area contributed by atoms with Gasteiger partial charge in [0.1, 0.15) is 0 Å². The number of allylic oxidation sites excluding steroid dienone is 4. The second-order valence-electron chi connectivity index (χ2n) is 4.62. The van der Waals surface area contributed by atoms with Gasteiger partial charge in [-0.25, -0.2) is 0 Å². The van der Waals surface area contributed by atoms with Crippen molar-refractivity contribution in [2.24, 2.45) is 0 Å². The molecule has 0 amide bonds. The Bertz CT molecular complexity index is 506. The fourth-order valence-electron chi connectivity index (χ4n) is 2.38. The van der Waals surface area contributed by atoms with Crippen molar-refractivity contribution in [1.29, 1.82) is 0 Å². The van der Waals surface area contributed by atoms with Gasteiger partial charge >= 0.3 is 0 Å². The third-order valence-electron chi connectivity index (χ3n) is 3.30. The minimum Gasteiger partial charge on any atom is -0.356 e. The molecule has 0 aromatic heterocycles. The van der Waals surface area contributed by atoms with Gasteiger partial charge in [0.25, 0.3) is 0 Å². The van der Waals surface area contributed by atoms with Gasteiger partial charge in [0.15, 0.2) is 0 Å². The van der Waals surface area contributed by atoms with Gasteiger partial charge in [0, 0.05) is 11.4 Å². The van der Waals surface area contributed by atoms with Crippen molar-refractivity contribution >= 4 is 11.8 Å². The molecule has 2 aliphatic carbocycles. The first kappa shape index (κ1) is 13.7. The molecule has 3 rings (SSSR count). The van der Waals surface area contributed by atoms with Gasteiger partial charge in [-0.1, -0.05) is 44.2 Å². The zero-order chi connectivity index (χ0) is 13.5. The van der Waals surface area contributed by atoms with Crippen LogP contribution in [0.25, 0.3) is 6.08 Å².